The van der Waals surface area contributed by atoms with Crippen molar-refractivity contribution in [3.8, 4) is 0 Å². The van der Waals surface area contributed by atoms with Crippen molar-refractivity contribution in [2.24, 2.45) is 5.41 Å². The van der Waals surface area contributed by atoms with E-state index < -0.39 is 0 Å². The third-order valence-corrected chi connectivity index (χ3v) is 4.39. The fourth-order valence-corrected chi connectivity index (χ4v) is 2.99. The Labute approximate surface area is 91.1 Å². The molecule has 15 heavy (non-hydrogen) atoms. The molecule has 0 heterocycles. The minimum Gasteiger partial charge on any atom is -0.393 e. The molecule has 1 nitrogen and oxygen atoms in total. The second-order valence-electron chi connectivity index (χ2n) is 5.34. The first-order chi connectivity index (χ1) is 7.21. The average molecular weight is 202 g/mol. The van der Waals surface area contributed by atoms with Gasteiger partial charge in [-0.1, -0.05) is 24.3 Å². The van der Waals surface area contributed by atoms with E-state index in [1.54, 1.807) is 0 Å². The Hall–Kier alpha value is -0.820. The predicted octanol–water partition coefficient (Wildman–Crippen LogP) is 2.88. The van der Waals surface area contributed by atoms with E-state index >= 15 is 0 Å². The number of aliphatic hydroxyl groups excluding tert-OH is 1. The Bertz CT molecular complexity index is 377. The smallest absolute Gasteiger partial charge is 0.0568 e. The summed E-state index contributed by atoms with van der Waals surface area (Å²) in [4.78, 5) is 0. The normalized spacial score (nSPS) is 27.7. The van der Waals surface area contributed by atoms with Gasteiger partial charge < -0.3 is 5.11 Å². The first-order valence-electron chi connectivity index (χ1n) is 5.97. The summed E-state index contributed by atoms with van der Waals surface area (Å²) in [6.45, 7) is 1.96. The summed E-state index contributed by atoms with van der Waals surface area (Å²) in [5.74, 6) is 0.721. The van der Waals surface area contributed by atoms with E-state index in [1.165, 1.54) is 36.8 Å². The summed E-state index contributed by atoms with van der Waals surface area (Å²) in [5, 5.41) is 9.76. The number of benzene rings is 1. The second-order valence-corrected chi connectivity index (χ2v) is 5.34. The van der Waals surface area contributed by atoms with Crippen LogP contribution in [0.25, 0.3) is 0 Å². The topological polar surface area (TPSA) is 20.2 Å². The molecule has 1 fully saturated rings. The van der Waals surface area contributed by atoms with E-state index in [1.807, 2.05) is 6.92 Å². The number of hydrogen-bond acceptors (Lipinski definition) is 1. The fourth-order valence-electron chi connectivity index (χ4n) is 2.99. The van der Waals surface area contributed by atoms with Crippen molar-refractivity contribution in [1.29, 1.82) is 0 Å². The third kappa shape index (κ3) is 1.41. The quantitative estimate of drug-likeness (QED) is 0.799. The molecule has 2 aliphatic rings. The highest BCUT2D eigenvalue weighted by Crippen LogP contribution is 2.57. The minimum atomic E-state index is -0.120. The molecule has 2 aliphatic carbocycles. The van der Waals surface area contributed by atoms with Crippen LogP contribution in [-0.2, 0) is 6.42 Å². The lowest BCUT2D eigenvalue weighted by molar-refractivity contribution is 0.0974. The zero-order valence-electron chi connectivity index (χ0n) is 9.24. The first kappa shape index (κ1) is 9.41. The molecular formula is C14H18O. The van der Waals surface area contributed by atoms with E-state index in [2.05, 4.69) is 24.3 Å². The molecule has 0 aromatic heterocycles. The van der Waals surface area contributed by atoms with Gasteiger partial charge in [0.1, 0.15) is 0 Å². The number of hydrogen-bond donors (Lipinski definition) is 1. The van der Waals surface area contributed by atoms with E-state index in [4.69, 9.17) is 0 Å². The van der Waals surface area contributed by atoms with Crippen LogP contribution in [-0.4, -0.2) is 11.2 Å². The number of fused-ring (bicyclic) bond motifs is 1. The first-order valence-corrected chi connectivity index (χ1v) is 5.97. The van der Waals surface area contributed by atoms with Gasteiger partial charge >= 0.3 is 0 Å². The molecule has 1 saturated carbocycles. The van der Waals surface area contributed by atoms with Crippen molar-refractivity contribution in [2.75, 3.05) is 0 Å². The maximum atomic E-state index is 9.76. The Morgan fingerprint density at radius 1 is 1.40 bits per heavy atom. The summed E-state index contributed by atoms with van der Waals surface area (Å²) in [6, 6.07) is 8.74. The summed E-state index contributed by atoms with van der Waals surface area (Å²) in [5.41, 5.74) is 3.33. The molecule has 0 bridgehead atoms. The van der Waals surface area contributed by atoms with Gasteiger partial charge in [-0.2, -0.15) is 0 Å². The van der Waals surface area contributed by atoms with E-state index in [9.17, 15) is 5.11 Å². The van der Waals surface area contributed by atoms with Crippen LogP contribution < -0.4 is 0 Å². The summed E-state index contributed by atoms with van der Waals surface area (Å²) >= 11 is 0. The van der Waals surface area contributed by atoms with Gasteiger partial charge in [-0.3, -0.25) is 0 Å². The van der Waals surface area contributed by atoms with Crippen molar-refractivity contribution < 1.29 is 5.11 Å². The van der Waals surface area contributed by atoms with E-state index in [-0.39, 0.29) is 11.5 Å². The molecule has 1 aromatic carbocycles. The maximum absolute atomic E-state index is 9.76. The monoisotopic (exact) mass is 202 g/mol. The van der Waals surface area contributed by atoms with E-state index in [0.717, 1.165) is 5.92 Å². The van der Waals surface area contributed by atoms with Crippen LogP contribution in [0, 0.1) is 5.41 Å². The Morgan fingerprint density at radius 3 is 2.73 bits per heavy atom. The second kappa shape index (κ2) is 3.08. The molecule has 0 saturated heterocycles. The lowest BCUT2D eigenvalue weighted by Crippen LogP contribution is -2.26. The molecule has 80 valence electrons. The Morgan fingerprint density at radius 2 is 2.13 bits per heavy atom. The zero-order valence-corrected chi connectivity index (χ0v) is 9.24. The highest BCUT2D eigenvalue weighted by Gasteiger charge is 2.49. The van der Waals surface area contributed by atoms with Gasteiger partial charge in [0.15, 0.2) is 0 Å². The fraction of sp³-hybridized carbons (Fsp3) is 0.571. The highest BCUT2D eigenvalue weighted by molar-refractivity contribution is 5.40. The predicted molar refractivity (Wildman–Crippen MR) is 60.9 cm³/mol. The van der Waals surface area contributed by atoms with Crippen LogP contribution in [0.4, 0.5) is 0 Å². The zero-order chi connectivity index (χ0) is 10.5. The molecule has 2 unspecified atom stereocenters. The van der Waals surface area contributed by atoms with Crippen LogP contribution in [0.5, 0.6) is 0 Å². The summed E-state index contributed by atoms with van der Waals surface area (Å²) < 4.78 is 0. The molecule has 0 aliphatic heterocycles. The van der Waals surface area contributed by atoms with Gasteiger partial charge in [0, 0.05) is 0 Å². The van der Waals surface area contributed by atoms with E-state index in [0.29, 0.717) is 0 Å². The molecule has 2 atom stereocenters. The highest BCUT2D eigenvalue weighted by atomic mass is 16.3. The number of rotatable bonds is 3. The molecule has 0 spiro atoms. The van der Waals surface area contributed by atoms with Crippen LogP contribution in [0.15, 0.2) is 24.3 Å². The van der Waals surface area contributed by atoms with Gasteiger partial charge in [0.05, 0.1) is 6.10 Å². The van der Waals surface area contributed by atoms with Gasteiger partial charge in [0.25, 0.3) is 0 Å². The van der Waals surface area contributed by atoms with Crippen molar-refractivity contribution >= 4 is 0 Å². The molecule has 1 N–H and O–H groups in total. The summed E-state index contributed by atoms with van der Waals surface area (Å²) in [6.07, 6.45) is 4.75. The van der Waals surface area contributed by atoms with Crippen molar-refractivity contribution in [3.63, 3.8) is 0 Å². The van der Waals surface area contributed by atoms with Gasteiger partial charge in [-0.05, 0) is 55.1 Å². The lowest BCUT2D eigenvalue weighted by atomic mass is 9.71. The average Bonchev–Trinajstić information content (AvgIpc) is 2.95. The molecule has 0 amide bonds. The maximum Gasteiger partial charge on any atom is 0.0568 e. The minimum absolute atomic E-state index is 0.120. The SMILES string of the molecule is CC(O)C1(CC2Cc3ccccc32)CC1. The molecule has 0 radical (unpaired) electrons. The molecule has 1 aromatic rings. The van der Waals surface area contributed by atoms with Gasteiger partial charge in [-0.25, -0.2) is 0 Å². The van der Waals surface area contributed by atoms with Crippen LogP contribution in [0.3, 0.4) is 0 Å². The lowest BCUT2D eigenvalue weighted by Gasteiger charge is -2.34. The largest absolute Gasteiger partial charge is 0.393 e. The van der Waals surface area contributed by atoms with Crippen molar-refractivity contribution in [2.45, 2.75) is 44.6 Å². The van der Waals surface area contributed by atoms with Gasteiger partial charge in [0.2, 0.25) is 0 Å². The van der Waals surface area contributed by atoms with Gasteiger partial charge in [-0.15, -0.1) is 0 Å². The van der Waals surface area contributed by atoms with Crippen LogP contribution >= 0.6 is 0 Å². The van der Waals surface area contributed by atoms with Crippen molar-refractivity contribution in [1.82, 2.24) is 0 Å². The van der Waals surface area contributed by atoms with Crippen LogP contribution in [0.1, 0.15) is 43.2 Å². The molecule has 1 heteroatoms. The van der Waals surface area contributed by atoms with Crippen molar-refractivity contribution in [3.05, 3.63) is 35.4 Å². The third-order valence-electron chi connectivity index (χ3n) is 4.39. The standard InChI is InChI=1S/C14H18O/c1-10(15)14(6-7-14)9-12-8-11-4-2-3-5-13(11)12/h2-5,10,12,15H,6-9H2,1H3. The molecular weight excluding hydrogens is 184 g/mol. The van der Waals surface area contributed by atoms with Crippen LogP contribution in [0.2, 0.25) is 0 Å². The number of aliphatic hydroxyl groups is 1. The Balaban J connectivity index is 1.73. The Kier molecular flexibility index (Phi) is 1.93. The molecule has 3 rings (SSSR count). The summed E-state index contributed by atoms with van der Waals surface area (Å²) in [7, 11) is 0.